The Morgan fingerprint density at radius 2 is 2.05 bits per heavy atom. The van der Waals surface area contributed by atoms with Crippen LogP contribution >= 0.6 is 11.3 Å². The molecule has 21 heavy (non-hydrogen) atoms. The molecule has 0 radical (unpaired) electrons. The summed E-state index contributed by atoms with van der Waals surface area (Å²) >= 11 is 1.76. The number of piperazine rings is 1. The number of carbonyl (C=O) groups excluding carboxylic acids is 1. The number of aromatic nitrogens is 1. The molecule has 0 bridgehead atoms. The first-order valence-corrected chi connectivity index (χ1v) is 8.06. The van der Waals surface area contributed by atoms with Crippen LogP contribution in [-0.4, -0.2) is 46.9 Å². The topological polar surface area (TPSA) is 36.4 Å². The van der Waals surface area contributed by atoms with Crippen LogP contribution < -0.4 is 0 Å². The van der Waals surface area contributed by atoms with E-state index in [2.05, 4.69) is 28.1 Å². The van der Waals surface area contributed by atoms with Crippen molar-refractivity contribution in [3.63, 3.8) is 0 Å². The molecular formula is C16H19N3OS. The lowest BCUT2D eigenvalue weighted by Gasteiger charge is -2.33. The van der Waals surface area contributed by atoms with Gasteiger partial charge in [0.25, 0.3) is 0 Å². The number of hydrogen-bond acceptors (Lipinski definition) is 4. The molecule has 0 atom stereocenters. The van der Waals surface area contributed by atoms with Gasteiger partial charge in [-0.3, -0.25) is 9.69 Å². The van der Waals surface area contributed by atoms with Crippen LogP contribution in [0.25, 0.3) is 10.2 Å². The van der Waals surface area contributed by atoms with Gasteiger partial charge < -0.3 is 4.90 Å². The number of nitrogens with zero attached hydrogens (tertiary/aromatic N) is 3. The lowest BCUT2D eigenvalue weighted by molar-refractivity contribution is -0.127. The van der Waals surface area contributed by atoms with E-state index >= 15 is 0 Å². The highest BCUT2D eigenvalue weighted by atomic mass is 32.1. The van der Waals surface area contributed by atoms with E-state index in [1.54, 1.807) is 23.5 Å². The number of thiazole rings is 1. The van der Waals surface area contributed by atoms with Gasteiger partial charge in [0.2, 0.25) is 5.91 Å². The standard InChI is InChI=1S/C16H19N3OS/c1-2-5-16(20)19-10-8-18(9-11-19)12-15-17-13-6-3-4-7-14(13)21-15/h2-7H,8-12H2,1H3/b5-2+. The maximum absolute atomic E-state index is 11.8. The van der Waals surface area contributed by atoms with Gasteiger partial charge in [0.15, 0.2) is 0 Å². The Morgan fingerprint density at radius 3 is 2.76 bits per heavy atom. The van der Waals surface area contributed by atoms with Crippen LogP contribution in [0.4, 0.5) is 0 Å². The summed E-state index contributed by atoms with van der Waals surface area (Å²) in [7, 11) is 0. The molecule has 2 aromatic rings. The molecule has 2 heterocycles. The molecule has 0 N–H and O–H groups in total. The van der Waals surface area contributed by atoms with Crippen LogP contribution in [0, 0.1) is 0 Å². The number of rotatable bonds is 3. The first-order valence-electron chi connectivity index (χ1n) is 7.24. The lowest BCUT2D eigenvalue weighted by Crippen LogP contribution is -2.47. The third kappa shape index (κ3) is 3.31. The van der Waals surface area contributed by atoms with Gasteiger partial charge in [-0.2, -0.15) is 0 Å². The molecule has 0 saturated carbocycles. The van der Waals surface area contributed by atoms with Gasteiger partial charge in [0.05, 0.1) is 16.8 Å². The van der Waals surface area contributed by atoms with E-state index in [0.29, 0.717) is 0 Å². The van der Waals surface area contributed by atoms with E-state index in [-0.39, 0.29) is 5.91 Å². The predicted molar refractivity (Wildman–Crippen MR) is 86.3 cm³/mol. The zero-order valence-electron chi connectivity index (χ0n) is 12.2. The summed E-state index contributed by atoms with van der Waals surface area (Å²) in [5, 5.41) is 1.16. The van der Waals surface area contributed by atoms with Gasteiger partial charge in [0.1, 0.15) is 5.01 Å². The monoisotopic (exact) mass is 301 g/mol. The van der Waals surface area contributed by atoms with Gasteiger partial charge in [-0.15, -0.1) is 11.3 Å². The normalized spacial score (nSPS) is 16.9. The number of para-hydroxylation sites is 1. The molecule has 0 spiro atoms. The fourth-order valence-corrected chi connectivity index (χ4v) is 3.56. The van der Waals surface area contributed by atoms with E-state index in [0.717, 1.165) is 43.2 Å². The van der Waals surface area contributed by atoms with Gasteiger partial charge in [0, 0.05) is 26.2 Å². The van der Waals surface area contributed by atoms with Gasteiger partial charge in [-0.05, 0) is 25.1 Å². The number of hydrogen-bond donors (Lipinski definition) is 0. The minimum Gasteiger partial charge on any atom is -0.337 e. The summed E-state index contributed by atoms with van der Waals surface area (Å²) in [5.41, 5.74) is 1.08. The molecule has 1 fully saturated rings. The van der Waals surface area contributed by atoms with Crippen LogP contribution in [0.1, 0.15) is 11.9 Å². The Balaban J connectivity index is 1.59. The summed E-state index contributed by atoms with van der Waals surface area (Å²) < 4.78 is 1.24. The number of carbonyl (C=O) groups is 1. The second kappa shape index (κ2) is 6.37. The molecular weight excluding hydrogens is 282 g/mol. The van der Waals surface area contributed by atoms with Crippen molar-refractivity contribution in [2.24, 2.45) is 0 Å². The molecule has 0 aliphatic carbocycles. The smallest absolute Gasteiger partial charge is 0.246 e. The summed E-state index contributed by atoms with van der Waals surface area (Å²) in [6.45, 7) is 6.19. The molecule has 3 rings (SSSR count). The van der Waals surface area contributed by atoms with Gasteiger partial charge in [-0.1, -0.05) is 18.2 Å². The van der Waals surface area contributed by atoms with Crippen molar-refractivity contribution in [3.05, 3.63) is 41.4 Å². The van der Waals surface area contributed by atoms with Crippen molar-refractivity contribution >= 4 is 27.5 Å². The molecule has 1 aliphatic rings. The lowest BCUT2D eigenvalue weighted by atomic mass is 10.3. The van der Waals surface area contributed by atoms with Crippen LogP contribution in [0.15, 0.2) is 36.4 Å². The van der Waals surface area contributed by atoms with Crippen molar-refractivity contribution in [2.45, 2.75) is 13.5 Å². The molecule has 110 valence electrons. The predicted octanol–water partition coefficient (Wildman–Crippen LogP) is 2.52. The Bertz CT molecular complexity index is 623. The highest BCUT2D eigenvalue weighted by molar-refractivity contribution is 7.18. The minimum atomic E-state index is 0.122. The van der Waals surface area contributed by atoms with Crippen molar-refractivity contribution in [3.8, 4) is 0 Å². The maximum atomic E-state index is 11.8. The molecule has 1 aromatic heterocycles. The van der Waals surface area contributed by atoms with Crippen LogP contribution in [0.5, 0.6) is 0 Å². The third-order valence-electron chi connectivity index (χ3n) is 3.69. The second-order valence-corrected chi connectivity index (χ2v) is 6.29. The quantitative estimate of drug-likeness (QED) is 0.817. The van der Waals surface area contributed by atoms with Gasteiger partial charge >= 0.3 is 0 Å². The molecule has 5 heteroatoms. The Hall–Kier alpha value is -1.72. The number of fused-ring (bicyclic) bond motifs is 1. The molecule has 0 unspecified atom stereocenters. The van der Waals surface area contributed by atoms with Crippen molar-refractivity contribution in [1.82, 2.24) is 14.8 Å². The molecule has 4 nitrogen and oxygen atoms in total. The SMILES string of the molecule is C/C=C/C(=O)N1CCN(Cc2nc3ccccc3s2)CC1. The fourth-order valence-electron chi connectivity index (χ4n) is 2.55. The fraction of sp³-hybridized carbons (Fsp3) is 0.375. The Labute approximate surface area is 128 Å². The van der Waals surface area contributed by atoms with E-state index in [1.807, 2.05) is 17.9 Å². The summed E-state index contributed by atoms with van der Waals surface area (Å²) in [5.74, 6) is 0.122. The second-order valence-electron chi connectivity index (χ2n) is 5.18. The third-order valence-corrected chi connectivity index (χ3v) is 4.71. The van der Waals surface area contributed by atoms with Crippen LogP contribution in [-0.2, 0) is 11.3 Å². The van der Waals surface area contributed by atoms with E-state index in [4.69, 9.17) is 0 Å². The first-order chi connectivity index (χ1) is 10.3. The highest BCUT2D eigenvalue weighted by Crippen LogP contribution is 2.22. The highest BCUT2D eigenvalue weighted by Gasteiger charge is 2.20. The van der Waals surface area contributed by atoms with Crippen LogP contribution in [0.3, 0.4) is 0 Å². The van der Waals surface area contributed by atoms with Gasteiger partial charge in [-0.25, -0.2) is 4.98 Å². The van der Waals surface area contributed by atoms with E-state index < -0.39 is 0 Å². The zero-order valence-corrected chi connectivity index (χ0v) is 13.0. The number of benzene rings is 1. The Morgan fingerprint density at radius 1 is 1.29 bits per heavy atom. The first kappa shape index (κ1) is 14.2. The molecule has 1 amide bonds. The van der Waals surface area contributed by atoms with Crippen molar-refractivity contribution in [1.29, 1.82) is 0 Å². The summed E-state index contributed by atoms with van der Waals surface area (Å²) in [4.78, 5) is 20.8. The molecule has 1 aromatic carbocycles. The zero-order chi connectivity index (χ0) is 14.7. The average Bonchev–Trinajstić information content (AvgIpc) is 2.90. The largest absolute Gasteiger partial charge is 0.337 e. The molecule has 1 aliphatic heterocycles. The van der Waals surface area contributed by atoms with Crippen molar-refractivity contribution in [2.75, 3.05) is 26.2 Å². The van der Waals surface area contributed by atoms with Crippen LogP contribution in [0.2, 0.25) is 0 Å². The summed E-state index contributed by atoms with van der Waals surface area (Å²) in [6, 6.07) is 8.25. The minimum absolute atomic E-state index is 0.122. The van der Waals surface area contributed by atoms with Crippen molar-refractivity contribution < 1.29 is 4.79 Å². The Kier molecular flexibility index (Phi) is 4.31. The number of allylic oxidation sites excluding steroid dienone is 1. The number of amides is 1. The van der Waals surface area contributed by atoms with E-state index in [9.17, 15) is 4.79 Å². The maximum Gasteiger partial charge on any atom is 0.246 e. The van der Waals surface area contributed by atoms with E-state index in [1.165, 1.54) is 4.70 Å². The summed E-state index contributed by atoms with van der Waals surface area (Å²) in [6.07, 6.45) is 3.44. The average molecular weight is 301 g/mol. The molecule has 1 saturated heterocycles.